The summed E-state index contributed by atoms with van der Waals surface area (Å²) < 4.78 is 14.3. The molecule has 0 heterocycles. The Kier molecular flexibility index (Phi) is 7.39. The molecule has 0 bridgehead atoms. The van der Waals surface area contributed by atoms with E-state index in [9.17, 15) is 4.79 Å². The fourth-order valence-corrected chi connectivity index (χ4v) is 0.569. The monoisotopic (exact) mass is 190 g/mol. The summed E-state index contributed by atoms with van der Waals surface area (Å²) in [6, 6.07) is 0. The van der Waals surface area contributed by atoms with Crippen LogP contribution < -0.4 is 0 Å². The van der Waals surface area contributed by atoms with Gasteiger partial charge in [-0.25, -0.2) is 4.79 Å². The van der Waals surface area contributed by atoms with Gasteiger partial charge in [0, 0.05) is 0 Å². The molecule has 0 saturated carbocycles. The molecule has 4 nitrogen and oxygen atoms in total. The van der Waals surface area contributed by atoms with E-state index in [0.29, 0.717) is 19.1 Å². The van der Waals surface area contributed by atoms with Gasteiger partial charge in [-0.05, 0) is 12.3 Å². The summed E-state index contributed by atoms with van der Waals surface area (Å²) in [5.74, 6) is 0.323. The highest BCUT2D eigenvalue weighted by Crippen LogP contribution is 1.95. The van der Waals surface area contributed by atoms with Crippen molar-refractivity contribution in [2.75, 3.05) is 20.0 Å². The summed E-state index contributed by atoms with van der Waals surface area (Å²) in [6.45, 7) is 6.85. The molecule has 0 atom stereocenters. The van der Waals surface area contributed by atoms with E-state index >= 15 is 0 Å². The number of ether oxygens (including phenoxy) is 3. The largest absolute Gasteiger partial charge is 0.510 e. The maximum Gasteiger partial charge on any atom is 0.510 e. The predicted octanol–water partition coefficient (Wildman–Crippen LogP) is 2.18. The normalized spacial score (nSPS) is 10.2. The molecule has 0 aliphatic carbocycles. The molecule has 0 aliphatic rings. The molecule has 0 aliphatic heterocycles. The minimum absolute atomic E-state index is 0.0230. The van der Waals surface area contributed by atoms with E-state index in [1.165, 1.54) is 0 Å². The van der Waals surface area contributed by atoms with Crippen LogP contribution in [0.5, 0.6) is 0 Å². The highest BCUT2D eigenvalue weighted by Gasteiger charge is 2.04. The Hall–Kier alpha value is -0.770. The van der Waals surface area contributed by atoms with Crippen molar-refractivity contribution in [1.82, 2.24) is 0 Å². The van der Waals surface area contributed by atoms with Crippen LogP contribution in [0.2, 0.25) is 0 Å². The van der Waals surface area contributed by atoms with Crippen LogP contribution >= 0.6 is 0 Å². The van der Waals surface area contributed by atoms with E-state index in [0.717, 1.165) is 6.42 Å². The van der Waals surface area contributed by atoms with Gasteiger partial charge < -0.3 is 14.2 Å². The Labute approximate surface area is 79.2 Å². The lowest BCUT2D eigenvalue weighted by Crippen LogP contribution is -2.13. The third-order valence-corrected chi connectivity index (χ3v) is 1.14. The minimum Gasteiger partial charge on any atom is -0.434 e. The molecule has 0 aromatic carbocycles. The summed E-state index contributed by atoms with van der Waals surface area (Å²) in [6.07, 6.45) is 0.245. The van der Waals surface area contributed by atoms with Crippen molar-refractivity contribution in [2.45, 2.75) is 27.2 Å². The van der Waals surface area contributed by atoms with Gasteiger partial charge in [-0.3, -0.25) is 0 Å². The van der Waals surface area contributed by atoms with Crippen molar-refractivity contribution in [3.8, 4) is 0 Å². The van der Waals surface area contributed by atoms with Crippen LogP contribution in [-0.4, -0.2) is 26.2 Å². The average molecular weight is 190 g/mol. The molecule has 4 heteroatoms. The lowest BCUT2D eigenvalue weighted by molar-refractivity contribution is -0.0466. The van der Waals surface area contributed by atoms with Gasteiger partial charge in [-0.15, -0.1) is 0 Å². The van der Waals surface area contributed by atoms with Crippen molar-refractivity contribution in [2.24, 2.45) is 5.92 Å². The average Bonchev–Trinajstić information content (AvgIpc) is 2.09. The molecule has 0 radical (unpaired) electrons. The summed E-state index contributed by atoms with van der Waals surface area (Å²) in [5, 5.41) is 0. The van der Waals surface area contributed by atoms with Crippen LogP contribution in [0.3, 0.4) is 0 Å². The number of hydrogen-bond donors (Lipinski definition) is 0. The first-order chi connectivity index (χ1) is 6.16. The Morgan fingerprint density at radius 1 is 1.31 bits per heavy atom. The van der Waals surface area contributed by atoms with Crippen LogP contribution in [0.25, 0.3) is 0 Å². The molecule has 0 saturated heterocycles. The van der Waals surface area contributed by atoms with Gasteiger partial charge in [0.05, 0.1) is 13.2 Å². The van der Waals surface area contributed by atoms with E-state index in [4.69, 9.17) is 9.47 Å². The molecule has 0 rings (SSSR count). The highest BCUT2D eigenvalue weighted by atomic mass is 16.8. The van der Waals surface area contributed by atoms with Crippen molar-refractivity contribution in [3.05, 3.63) is 0 Å². The fourth-order valence-electron chi connectivity index (χ4n) is 0.569. The first kappa shape index (κ1) is 12.2. The van der Waals surface area contributed by atoms with Gasteiger partial charge >= 0.3 is 6.16 Å². The zero-order chi connectivity index (χ0) is 10.1. The Morgan fingerprint density at radius 3 is 2.54 bits per heavy atom. The van der Waals surface area contributed by atoms with Crippen molar-refractivity contribution in [3.63, 3.8) is 0 Å². The second-order valence-corrected chi connectivity index (χ2v) is 3.13. The predicted molar refractivity (Wildman–Crippen MR) is 48.4 cm³/mol. The quantitative estimate of drug-likeness (QED) is 0.366. The molecule has 0 N–H and O–H groups in total. The Bertz CT molecular complexity index is 134. The SMILES string of the molecule is CCCOCOC(=O)OCC(C)C. The van der Waals surface area contributed by atoms with E-state index in [-0.39, 0.29) is 6.79 Å². The number of carbonyl (C=O) groups is 1. The van der Waals surface area contributed by atoms with Gasteiger partial charge in [0.2, 0.25) is 0 Å². The van der Waals surface area contributed by atoms with E-state index in [1.807, 2.05) is 20.8 Å². The van der Waals surface area contributed by atoms with Gasteiger partial charge in [0.1, 0.15) is 0 Å². The van der Waals surface area contributed by atoms with Crippen LogP contribution in [0.15, 0.2) is 0 Å². The molecular weight excluding hydrogens is 172 g/mol. The Morgan fingerprint density at radius 2 is 2.00 bits per heavy atom. The zero-order valence-corrected chi connectivity index (χ0v) is 8.54. The maximum absolute atomic E-state index is 10.8. The molecule has 78 valence electrons. The van der Waals surface area contributed by atoms with Crippen molar-refractivity contribution < 1.29 is 19.0 Å². The molecule has 0 amide bonds. The molecule has 13 heavy (non-hydrogen) atoms. The molecule has 0 unspecified atom stereocenters. The smallest absolute Gasteiger partial charge is 0.434 e. The number of rotatable bonds is 6. The first-order valence-electron chi connectivity index (χ1n) is 4.54. The summed E-state index contributed by atoms with van der Waals surface area (Å²) in [7, 11) is 0. The second kappa shape index (κ2) is 7.86. The summed E-state index contributed by atoms with van der Waals surface area (Å²) in [4.78, 5) is 10.8. The third kappa shape index (κ3) is 9.14. The van der Waals surface area contributed by atoms with Crippen LogP contribution in [-0.2, 0) is 14.2 Å². The second-order valence-electron chi connectivity index (χ2n) is 3.13. The van der Waals surface area contributed by atoms with Gasteiger partial charge in [-0.1, -0.05) is 20.8 Å². The maximum atomic E-state index is 10.8. The van der Waals surface area contributed by atoms with E-state index < -0.39 is 6.16 Å². The lowest BCUT2D eigenvalue weighted by atomic mass is 10.2. The third-order valence-electron chi connectivity index (χ3n) is 1.14. The molecule has 0 spiro atoms. The standard InChI is InChI=1S/C9H18O4/c1-4-5-11-7-13-9(10)12-6-8(2)3/h8H,4-7H2,1-3H3. The first-order valence-corrected chi connectivity index (χ1v) is 4.54. The van der Waals surface area contributed by atoms with E-state index in [1.54, 1.807) is 0 Å². The van der Waals surface area contributed by atoms with Crippen LogP contribution in [0.4, 0.5) is 4.79 Å². The molecule has 0 aromatic rings. The van der Waals surface area contributed by atoms with E-state index in [2.05, 4.69) is 4.74 Å². The number of carbonyl (C=O) groups excluding carboxylic acids is 1. The fraction of sp³-hybridized carbons (Fsp3) is 0.889. The van der Waals surface area contributed by atoms with Crippen LogP contribution in [0, 0.1) is 5.92 Å². The van der Waals surface area contributed by atoms with Crippen molar-refractivity contribution in [1.29, 1.82) is 0 Å². The topological polar surface area (TPSA) is 44.8 Å². The minimum atomic E-state index is -0.662. The zero-order valence-electron chi connectivity index (χ0n) is 8.54. The van der Waals surface area contributed by atoms with Crippen molar-refractivity contribution >= 4 is 6.16 Å². The number of hydrogen-bond acceptors (Lipinski definition) is 4. The highest BCUT2D eigenvalue weighted by molar-refractivity contribution is 5.59. The summed E-state index contributed by atoms with van der Waals surface area (Å²) in [5.41, 5.74) is 0. The molecular formula is C9H18O4. The molecule has 0 aromatic heterocycles. The Balaban J connectivity index is 3.20. The van der Waals surface area contributed by atoms with Crippen LogP contribution in [0.1, 0.15) is 27.2 Å². The van der Waals surface area contributed by atoms with Gasteiger partial charge in [0.25, 0.3) is 0 Å². The molecule has 0 fully saturated rings. The van der Waals surface area contributed by atoms with Gasteiger partial charge in [-0.2, -0.15) is 0 Å². The lowest BCUT2D eigenvalue weighted by Gasteiger charge is -2.07. The summed E-state index contributed by atoms with van der Waals surface area (Å²) >= 11 is 0. The van der Waals surface area contributed by atoms with Gasteiger partial charge in [0.15, 0.2) is 6.79 Å².